The van der Waals surface area contributed by atoms with Crippen molar-refractivity contribution in [2.24, 2.45) is 0 Å². The monoisotopic (exact) mass is 433 g/mol. The van der Waals surface area contributed by atoms with E-state index in [1.807, 2.05) is 24.3 Å². The van der Waals surface area contributed by atoms with Crippen LogP contribution < -0.4 is 14.8 Å². The molecule has 0 amide bonds. The highest BCUT2D eigenvalue weighted by Crippen LogP contribution is 2.34. The summed E-state index contributed by atoms with van der Waals surface area (Å²) < 4.78 is 12.5. The molecule has 0 radical (unpaired) electrons. The molecule has 27 heavy (non-hydrogen) atoms. The number of ether oxygens (including phenoxy) is 2. The van der Waals surface area contributed by atoms with Crippen LogP contribution in [0, 0.1) is 0 Å². The van der Waals surface area contributed by atoms with Crippen LogP contribution in [0.4, 0.5) is 0 Å². The summed E-state index contributed by atoms with van der Waals surface area (Å²) in [6, 6.07) is 14.2. The average molecular weight is 434 g/mol. The second-order valence-electron chi connectivity index (χ2n) is 6.81. The molecule has 3 nitrogen and oxygen atoms in total. The number of methoxy groups -OCH3 is 1. The molecule has 0 aliphatic heterocycles. The van der Waals surface area contributed by atoms with Crippen LogP contribution in [-0.4, -0.2) is 13.7 Å². The van der Waals surface area contributed by atoms with Gasteiger partial charge in [-0.25, -0.2) is 0 Å². The third-order valence-corrected chi connectivity index (χ3v) is 5.33. The number of halogens is 1. The summed E-state index contributed by atoms with van der Waals surface area (Å²) >= 11 is 3.67. The molecule has 148 valence electrons. The van der Waals surface area contributed by atoms with Crippen molar-refractivity contribution in [3.8, 4) is 11.5 Å². The van der Waals surface area contributed by atoms with Gasteiger partial charge in [-0.1, -0.05) is 85.3 Å². The van der Waals surface area contributed by atoms with Gasteiger partial charge in [-0.3, -0.25) is 0 Å². The Labute approximate surface area is 172 Å². The van der Waals surface area contributed by atoms with Crippen molar-refractivity contribution in [2.75, 3.05) is 13.7 Å². The van der Waals surface area contributed by atoms with E-state index >= 15 is 0 Å². The topological polar surface area (TPSA) is 30.5 Å². The number of unbranched alkanes of at least 4 members (excludes halogenated alkanes) is 5. The quantitative estimate of drug-likeness (QED) is 0.366. The Bertz CT molecular complexity index is 661. The number of rotatable bonds is 13. The van der Waals surface area contributed by atoms with Gasteiger partial charge in [0.15, 0.2) is 11.5 Å². The van der Waals surface area contributed by atoms with E-state index in [-0.39, 0.29) is 0 Å². The van der Waals surface area contributed by atoms with Crippen LogP contribution in [0.5, 0.6) is 11.5 Å². The van der Waals surface area contributed by atoms with Gasteiger partial charge in [0.25, 0.3) is 0 Å². The number of benzene rings is 2. The minimum Gasteiger partial charge on any atom is -0.493 e. The zero-order valence-electron chi connectivity index (χ0n) is 16.6. The molecule has 0 spiro atoms. The fourth-order valence-electron chi connectivity index (χ4n) is 2.97. The van der Waals surface area contributed by atoms with Gasteiger partial charge in [-0.05, 0) is 36.2 Å². The first kappa shape index (κ1) is 21.8. The second kappa shape index (κ2) is 12.8. The van der Waals surface area contributed by atoms with Gasteiger partial charge in [0.05, 0.1) is 7.11 Å². The van der Waals surface area contributed by atoms with Crippen LogP contribution in [0.2, 0.25) is 0 Å². The first-order valence-electron chi connectivity index (χ1n) is 9.98. The SMILES string of the molecule is CCCCCCCCNCc1cc(OC)c(OCc2ccccc2)cc1Br. The lowest BCUT2D eigenvalue weighted by Crippen LogP contribution is -2.15. The Morgan fingerprint density at radius 3 is 2.41 bits per heavy atom. The summed E-state index contributed by atoms with van der Waals surface area (Å²) in [7, 11) is 1.69. The van der Waals surface area contributed by atoms with Crippen LogP contribution >= 0.6 is 15.9 Å². The van der Waals surface area contributed by atoms with Crippen LogP contribution in [0.15, 0.2) is 46.9 Å². The zero-order valence-corrected chi connectivity index (χ0v) is 18.2. The summed E-state index contributed by atoms with van der Waals surface area (Å²) in [5, 5.41) is 3.54. The predicted octanol–water partition coefficient (Wildman–Crippen LogP) is 6.49. The number of nitrogens with one attached hydrogen (secondary N) is 1. The molecule has 2 aromatic carbocycles. The molecule has 0 unspecified atom stereocenters. The molecule has 0 atom stereocenters. The Hall–Kier alpha value is -1.52. The highest BCUT2D eigenvalue weighted by atomic mass is 79.9. The summed E-state index contributed by atoms with van der Waals surface area (Å²) in [5.41, 5.74) is 2.32. The Balaban J connectivity index is 1.82. The molecule has 0 aromatic heterocycles. The highest BCUT2D eigenvalue weighted by molar-refractivity contribution is 9.10. The van der Waals surface area contributed by atoms with E-state index in [0.29, 0.717) is 6.61 Å². The molecule has 0 aliphatic rings. The normalized spacial score (nSPS) is 10.8. The van der Waals surface area contributed by atoms with Crippen LogP contribution in [0.25, 0.3) is 0 Å². The first-order valence-corrected chi connectivity index (χ1v) is 10.8. The maximum atomic E-state index is 5.96. The lowest BCUT2D eigenvalue weighted by molar-refractivity contribution is 0.284. The third kappa shape index (κ3) is 7.94. The lowest BCUT2D eigenvalue weighted by atomic mass is 10.1. The van der Waals surface area contributed by atoms with Gasteiger partial charge in [0.2, 0.25) is 0 Å². The average Bonchev–Trinajstić information content (AvgIpc) is 2.70. The van der Waals surface area contributed by atoms with E-state index in [1.54, 1.807) is 7.11 Å². The van der Waals surface area contributed by atoms with E-state index in [9.17, 15) is 0 Å². The molecule has 4 heteroatoms. The van der Waals surface area contributed by atoms with Crippen molar-refractivity contribution < 1.29 is 9.47 Å². The summed E-state index contributed by atoms with van der Waals surface area (Å²) in [4.78, 5) is 0. The zero-order chi connectivity index (χ0) is 19.3. The first-order chi connectivity index (χ1) is 13.2. The molecular weight excluding hydrogens is 402 g/mol. The van der Waals surface area contributed by atoms with Gasteiger partial charge in [-0.15, -0.1) is 0 Å². The minimum atomic E-state index is 0.527. The maximum Gasteiger partial charge on any atom is 0.162 e. The molecule has 0 fully saturated rings. The molecule has 2 rings (SSSR count). The molecule has 1 N–H and O–H groups in total. The van der Waals surface area contributed by atoms with Gasteiger partial charge < -0.3 is 14.8 Å². The smallest absolute Gasteiger partial charge is 0.162 e. The molecular formula is C23H32BrNO2. The number of hydrogen-bond donors (Lipinski definition) is 1. The highest BCUT2D eigenvalue weighted by Gasteiger charge is 2.10. The van der Waals surface area contributed by atoms with Crippen molar-refractivity contribution in [1.82, 2.24) is 5.32 Å². The van der Waals surface area contributed by atoms with Crippen molar-refractivity contribution >= 4 is 15.9 Å². The van der Waals surface area contributed by atoms with Gasteiger partial charge >= 0.3 is 0 Å². The summed E-state index contributed by atoms with van der Waals surface area (Å²) in [6.45, 7) is 4.66. The lowest BCUT2D eigenvalue weighted by Gasteiger charge is -2.14. The van der Waals surface area contributed by atoms with E-state index in [4.69, 9.17) is 9.47 Å². The summed E-state index contributed by atoms with van der Waals surface area (Å²) in [6.07, 6.45) is 7.92. The van der Waals surface area contributed by atoms with Crippen molar-refractivity contribution in [1.29, 1.82) is 0 Å². The third-order valence-electron chi connectivity index (χ3n) is 4.59. The minimum absolute atomic E-state index is 0.527. The standard InChI is InChI=1S/C23H32BrNO2/c1-3-4-5-6-7-11-14-25-17-20-15-22(26-2)23(16-21(20)24)27-18-19-12-9-8-10-13-19/h8-10,12-13,15-16,25H,3-7,11,14,17-18H2,1-2H3. The van der Waals surface area contributed by atoms with Crippen LogP contribution in [0.3, 0.4) is 0 Å². The van der Waals surface area contributed by atoms with Gasteiger partial charge in [0.1, 0.15) is 6.61 Å². The van der Waals surface area contributed by atoms with Crippen molar-refractivity contribution in [3.63, 3.8) is 0 Å². The van der Waals surface area contributed by atoms with E-state index in [2.05, 4.69) is 46.4 Å². The van der Waals surface area contributed by atoms with E-state index in [1.165, 1.54) is 44.1 Å². The molecule has 0 saturated carbocycles. The Kier molecular flexibility index (Phi) is 10.3. The maximum absolute atomic E-state index is 5.96. The molecule has 2 aromatic rings. The molecule has 0 heterocycles. The fourth-order valence-corrected chi connectivity index (χ4v) is 3.44. The summed E-state index contributed by atoms with van der Waals surface area (Å²) in [5.74, 6) is 1.53. The predicted molar refractivity (Wildman–Crippen MR) is 117 cm³/mol. The number of hydrogen-bond acceptors (Lipinski definition) is 3. The Morgan fingerprint density at radius 2 is 1.67 bits per heavy atom. The van der Waals surface area contributed by atoms with Crippen LogP contribution in [0.1, 0.15) is 56.6 Å². The second-order valence-corrected chi connectivity index (χ2v) is 7.67. The van der Waals surface area contributed by atoms with Gasteiger partial charge in [-0.2, -0.15) is 0 Å². The Morgan fingerprint density at radius 1 is 0.926 bits per heavy atom. The largest absolute Gasteiger partial charge is 0.493 e. The van der Waals surface area contributed by atoms with Crippen molar-refractivity contribution in [3.05, 3.63) is 58.1 Å². The van der Waals surface area contributed by atoms with Crippen molar-refractivity contribution in [2.45, 2.75) is 58.6 Å². The molecule has 0 bridgehead atoms. The fraction of sp³-hybridized carbons (Fsp3) is 0.478. The molecule has 0 saturated heterocycles. The van der Waals surface area contributed by atoms with Crippen LogP contribution in [-0.2, 0) is 13.2 Å². The van der Waals surface area contributed by atoms with E-state index < -0.39 is 0 Å². The van der Waals surface area contributed by atoms with E-state index in [0.717, 1.165) is 34.6 Å². The van der Waals surface area contributed by atoms with Gasteiger partial charge in [0, 0.05) is 11.0 Å². The molecule has 0 aliphatic carbocycles.